The number of alkyl halides is 3. The van der Waals surface area contributed by atoms with Crippen LogP contribution in [0.5, 0.6) is 0 Å². The van der Waals surface area contributed by atoms with Crippen molar-refractivity contribution < 1.29 is 22.4 Å². The lowest BCUT2D eigenvalue weighted by Gasteiger charge is -2.18. The van der Waals surface area contributed by atoms with Crippen LogP contribution in [0.15, 0.2) is 35.3 Å². The molecule has 174 valence electrons. The van der Waals surface area contributed by atoms with E-state index < -0.39 is 11.7 Å². The molecule has 1 aliphatic heterocycles. The van der Waals surface area contributed by atoms with Crippen molar-refractivity contribution in [1.82, 2.24) is 19.9 Å². The molecule has 2 aliphatic carbocycles. The van der Waals surface area contributed by atoms with Crippen molar-refractivity contribution in [3.63, 3.8) is 0 Å². The molecule has 3 fully saturated rings. The van der Waals surface area contributed by atoms with Crippen molar-refractivity contribution in [2.24, 2.45) is 11.8 Å². The van der Waals surface area contributed by atoms with Gasteiger partial charge in [-0.25, -0.2) is 9.97 Å². The highest BCUT2D eigenvalue weighted by atomic mass is 19.4. The van der Waals surface area contributed by atoms with Crippen LogP contribution in [0.4, 0.5) is 19.0 Å². The number of aryl methyl sites for hydroxylation is 1. The number of carbonyl (C=O) groups excluding carboxylic acids is 1. The number of amides is 1. The standard InChI is InChI=1S/C17H20N4O2.C6H4F3N/c1-9-12(16(22)21-6-10-5-11(10)7-21)13-14(20-17(2)3-4-17)18-8-19-15(13)23-9;7-6(8,9)5-2-1-3-10-4-5/h8,10-11H,3-7H2,1-2H3,(H,18,19,20);1-4H. The van der Waals surface area contributed by atoms with E-state index >= 15 is 0 Å². The van der Waals surface area contributed by atoms with Gasteiger partial charge in [0, 0.05) is 31.0 Å². The normalized spacial score (nSPS) is 22.4. The lowest BCUT2D eigenvalue weighted by molar-refractivity contribution is -0.137. The van der Waals surface area contributed by atoms with Gasteiger partial charge in [0.15, 0.2) is 0 Å². The maximum absolute atomic E-state index is 13.0. The summed E-state index contributed by atoms with van der Waals surface area (Å²) in [6.45, 7) is 5.77. The van der Waals surface area contributed by atoms with Crippen LogP contribution in [-0.4, -0.2) is 44.4 Å². The lowest BCUT2D eigenvalue weighted by Crippen LogP contribution is -2.30. The smallest absolute Gasteiger partial charge is 0.417 e. The molecule has 0 spiro atoms. The van der Waals surface area contributed by atoms with Gasteiger partial charge < -0.3 is 14.6 Å². The fourth-order valence-corrected chi connectivity index (χ4v) is 4.25. The van der Waals surface area contributed by atoms with Gasteiger partial charge in [-0.15, -0.1) is 0 Å². The summed E-state index contributed by atoms with van der Waals surface area (Å²) in [7, 11) is 0. The Labute approximate surface area is 188 Å². The number of aromatic nitrogens is 3. The summed E-state index contributed by atoms with van der Waals surface area (Å²) >= 11 is 0. The molecule has 10 heteroatoms. The number of nitrogens with one attached hydrogen (secondary N) is 1. The Hall–Kier alpha value is -3.17. The first-order valence-corrected chi connectivity index (χ1v) is 10.9. The van der Waals surface area contributed by atoms with Crippen molar-refractivity contribution >= 4 is 22.8 Å². The second-order valence-electron chi connectivity index (χ2n) is 9.33. The number of rotatable bonds is 3. The minimum absolute atomic E-state index is 0.0623. The summed E-state index contributed by atoms with van der Waals surface area (Å²) in [5.41, 5.74) is 0.503. The Morgan fingerprint density at radius 1 is 1.24 bits per heavy atom. The fraction of sp³-hybridized carbons (Fsp3) is 0.478. The molecule has 1 N–H and O–H groups in total. The number of piperidine rings is 1. The highest BCUT2D eigenvalue weighted by molar-refractivity contribution is 6.10. The van der Waals surface area contributed by atoms with Gasteiger partial charge in [0.25, 0.3) is 5.91 Å². The first kappa shape index (κ1) is 21.7. The summed E-state index contributed by atoms with van der Waals surface area (Å²) in [4.78, 5) is 26.9. The summed E-state index contributed by atoms with van der Waals surface area (Å²) < 4.78 is 41.0. The highest BCUT2D eigenvalue weighted by Gasteiger charge is 2.47. The predicted molar refractivity (Wildman–Crippen MR) is 115 cm³/mol. The van der Waals surface area contributed by atoms with Crippen LogP contribution in [0.1, 0.15) is 47.9 Å². The summed E-state index contributed by atoms with van der Waals surface area (Å²) in [6, 6.07) is 2.23. The third-order valence-corrected chi connectivity index (χ3v) is 6.55. The van der Waals surface area contributed by atoms with Crippen LogP contribution in [0, 0.1) is 18.8 Å². The van der Waals surface area contributed by atoms with Gasteiger partial charge >= 0.3 is 6.18 Å². The molecular formula is C23H24F3N5O2. The van der Waals surface area contributed by atoms with Crippen LogP contribution < -0.4 is 5.32 Å². The molecule has 4 heterocycles. The van der Waals surface area contributed by atoms with E-state index in [0.717, 1.165) is 61.2 Å². The molecule has 0 aromatic carbocycles. The van der Waals surface area contributed by atoms with Gasteiger partial charge in [-0.05, 0) is 57.1 Å². The van der Waals surface area contributed by atoms with Crippen molar-refractivity contribution in [3.05, 3.63) is 47.7 Å². The summed E-state index contributed by atoms with van der Waals surface area (Å²) in [5, 5.41) is 4.21. The topological polar surface area (TPSA) is 84.2 Å². The van der Waals surface area contributed by atoms with Crippen LogP contribution in [0.25, 0.3) is 11.1 Å². The monoisotopic (exact) mass is 459 g/mol. The Morgan fingerprint density at radius 3 is 2.55 bits per heavy atom. The van der Waals surface area contributed by atoms with Crippen LogP contribution in [0.2, 0.25) is 0 Å². The van der Waals surface area contributed by atoms with Gasteiger partial charge in [0.1, 0.15) is 17.9 Å². The van der Waals surface area contributed by atoms with Crippen molar-refractivity contribution in [3.8, 4) is 0 Å². The molecule has 2 unspecified atom stereocenters. The van der Waals surface area contributed by atoms with Crippen LogP contribution in [0.3, 0.4) is 0 Å². The molecule has 1 amide bonds. The molecule has 6 rings (SSSR count). The zero-order valence-electron chi connectivity index (χ0n) is 18.3. The quantitative estimate of drug-likeness (QED) is 0.612. The number of anilines is 1. The number of nitrogens with zero attached hydrogens (tertiary/aromatic N) is 4. The Bertz CT molecular complexity index is 1180. The number of halogens is 3. The zero-order valence-corrected chi connectivity index (χ0v) is 18.3. The van der Waals surface area contributed by atoms with Crippen molar-refractivity contribution in [2.75, 3.05) is 18.4 Å². The van der Waals surface area contributed by atoms with Gasteiger partial charge in [0.05, 0.1) is 16.5 Å². The van der Waals surface area contributed by atoms with E-state index in [-0.39, 0.29) is 11.4 Å². The largest absolute Gasteiger partial charge is 0.442 e. The molecule has 0 bridgehead atoms. The first-order valence-electron chi connectivity index (χ1n) is 10.9. The minimum atomic E-state index is -4.27. The molecule has 2 saturated carbocycles. The number of hydrogen-bond acceptors (Lipinski definition) is 6. The second kappa shape index (κ2) is 7.71. The SMILES string of the molecule is Cc1oc2ncnc(NC3(C)CC3)c2c1C(=O)N1CC2CC2C1.FC(F)(F)c1cccnc1. The third kappa shape index (κ3) is 4.38. The maximum atomic E-state index is 13.0. The average molecular weight is 459 g/mol. The van der Waals surface area contributed by atoms with Gasteiger partial charge in [-0.1, -0.05) is 0 Å². The summed E-state index contributed by atoms with van der Waals surface area (Å²) in [5.74, 6) is 2.86. The fourth-order valence-electron chi connectivity index (χ4n) is 4.25. The second-order valence-corrected chi connectivity index (χ2v) is 9.33. The van der Waals surface area contributed by atoms with E-state index in [2.05, 4.69) is 27.2 Å². The molecule has 33 heavy (non-hydrogen) atoms. The number of hydrogen-bond donors (Lipinski definition) is 1. The van der Waals surface area contributed by atoms with E-state index in [0.29, 0.717) is 17.0 Å². The van der Waals surface area contributed by atoms with Gasteiger partial charge in [-0.3, -0.25) is 9.78 Å². The van der Waals surface area contributed by atoms with E-state index in [1.165, 1.54) is 25.0 Å². The molecule has 7 nitrogen and oxygen atoms in total. The maximum Gasteiger partial charge on any atom is 0.417 e. The van der Waals surface area contributed by atoms with Crippen LogP contribution in [-0.2, 0) is 6.18 Å². The number of likely N-dealkylation sites (tertiary alicyclic amines) is 1. The van der Waals surface area contributed by atoms with Crippen molar-refractivity contribution in [1.29, 1.82) is 0 Å². The highest BCUT2D eigenvalue weighted by Crippen LogP contribution is 2.46. The van der Waals surface area contributed by atoms with E-state index in [1.807, 2.05) is 11.8 Å². The first-order chi connectivity index (χ1) is 15.6. The van der Waals surface area contributed by atoms with E-state index in [9.17, 15) is 18.0 Å². The molecule has 3 aliphatic rings. The average Bonchev–Trinajstić information content (AvgIpc) is 3.61. The van der Waals surface area contributed by atoms with Crippen molar-refractivity contribution in [2.45, 2.75) is 44.8 Å². The molecule has 0 radical (unpaired) electrons. The zero-order chi connectivity index (χ0) is 23.4. The summed E-state index contributed by atoms with van der Waals surface area (Å²) in [6.07, 6.45) is 2.84. The van der Waals surface area contributed by atoms with Crippen LogP contribution >= 0.6 is 0 Å². The Morgan fingerprint density at radius 2 is 1.97 bits per heavy atom. The number of pyridine rings is 1. The molecule has 1 saturated heterocycles. The molecule has 2 atom stereocenters. The molecular weight excluding hydrogens is 435 g/mol. The third-order valence-electron chi connectivity index (χ3n) is 6.55. The van der Waals surface area contributed by atoms with Gasteiger partial charge in [0.2, 0.25) is 5.71 Å². The molecule has 3 aromatic rings. The van der Waals surface area contributed by atoms with E-state index in [1.54, 1.807) is 0 Å². The lowest BCUT2D eigenvalue weighted by atomic mass is 10.1. The van der Waals surface area contributed by atoms with E-state index in [4.69, 9.17) is 4.42 Å². The van der Waals surface area contributed by atoms with Gasteiger partial charge in [-0.2, -0.15) is 13.2 Å². The number of fused-ring (bicyclic) bond motifs is 2. The Kier molecular flexibility index (Phi) is 5.06. The Balaban J connectivity index is 0.000000193. The predicted octanol–water partition coefficient (Wildman–Crippen LogP) is 4.69. The molecule has 3 aromatic heterocycles. The number of carbonyl (C=O) groups is 1. The number of furan rings is 1. The minimum Gasteiger partial charge on any atom is -0.442 e.